The Kier molecular flexibility index (Phi) is 4.54. The van der Waals surface area contributed by atoms with E-state index in [-0.39, 0.29) is 17.7 Å². The molecule has 118 valence electrons. The van der Waals surface area contributed by atoms with Crippen LogP contribution < -0.4 is 5.32 Å². The molecule has 0 spiro atoms. The fraction of sp³-hybridized carbons (Fsp3) is 0.800. The van der Waals surface area contributed by atoms with Crippen molar-refractivity contribution < 1.29 is 19.5 Å². The van der Waals surface area contributed by atoms with Crippen LogP contribution >= 0.6 is 0 Å². The molecule has 21 heavy (non-hydrogen) atoms. The Morgan fingerprint density at radius 2 is 1.81 bits per heavy atom. The van der Waals surface area contributed by atoms with Crippen molar-refractivity contribution in [2.45, 2.75) is 64.0 Å². The number of carbonyl (C=O) groups excluding carboxylic acids is 2. The van der Waals surface area contributed by atoms with E-state index in [0.29, 0.717) is 25.8 Å². The van der Waals surface area contributed by atoms with Crippen LogP contribution in [0.15, 0.2) is 0 Å². The van der Waals surface area contributed by atoms with E-state index in [2.05, 4.69) is 5.32 Å². The minimum absolute atomic E-state index is 0.0570. The third-order valence-electron chi connectivity index (χ3n) is 4.74. The van der Waals surface area contributed by atoms with Gasteiger partial charge in [0.2, 0.25) is 11.8 Å². The highest BCUT2D eigenvalue weighted by molar-refractivity contribution is 5.93. The third-order valence-corrected chi connectivity index (χ3v) is 4.74. The lowest BCUT2D eigenvalue weighted by molar-refractivity contribution is -0.149. The summed E-state index contributed by atoms with van der Waals surface area (Å²) in [5, 5.41) is 12.1. The molecule has 6 heteroatoms. The SMILES string of the molecule is CCC(CC)(NC(=O)C1CCCN1C(=O)C1CC1)C(=O)O. The Labute approximate surface area is 124 Å². The number of carboxylic acid groups (broad SMARTS) is 1. The van der Waals surface area contributed by atoms with Gasteiger partial charge < -0.3 is 15.3 Å². The Morgan fingerprint density at radius 1 is 1.19 bits per heavy atom. The van der Waals surface area contributed by atoms with Gasteiger partial charge in [-0.05, 0) is 38.5 Å². The second-order valence-corrected chi connectivity index (χ2v) is 6.05. The highest BCUT2D eigenvalue weighted by atomic mass is 16.4. The minimum Gasteiger partial charge on any atom is -0.480 e. The Balaban J connectivity index is 2.07. The van der Waals surface area contributed by atoms with Gasteiger partial charge in [0, 0.05) is 12.5 Å². The lowest BCUT2D eigenvalue weighted by atomic mass is 9.92. The summed E-state index contributed by atoms with van der Waals surface area (Å²) in [4.78, 5) is 37.8. The summed E-state index contributed by atoms with van der Waals surface area (Å²) in [7, 11) is 0. The molecule has 0 aromatic carbocycles. The predicted molar refractivity (Wildman–Crippen MR) is 76.6 cm³/mol. The lowest BCUT2D eigenvalue weighted by Crippen LogP contribution is -2.58. The topological polar surface area (TPSA) is 86.7 Å². The molecule has 1 saturated heterocycles. The summed E-state index contributed by atoms with van der Waals surface area (Å²) in [6.45, 7) is 4.10. The summed E-state index contributed by atoms with van der Waals surface area (Å²) in [5.41, 5.74) is -1.23. The Morgan fingerprint density at radius 3 is 2.29 bits per heavy atom. The molecule has 1 unspecified atom stereocenters. The molecule has 1 heterocycles. The maximum absolute atomic E-state index is 12.5. The highest BCUT2D eigenvalue weighted by Gasteiger charge is 2.44. The average molecular weight is 296 g/mol. The van der Waals surface area contributed by atoms with Gasteiger partial charge in [0.1, 0.15) is 11.6 Å². The minimum atomic E-state index is -1.23. The molecule has 1 saturated carbocycles. The zero-order valence-electron chi connectivity index (χ0n) is 12.7. The third kappa shape index (κ3) is 3.04. The van der Waals surface area contributed by atoms with Crippen molar-refractivity contribution in [1.82, 2.24) is 10.2 Å². The zero-order valence-corrected chi connectivity index (χ0v) is 12.7. The molecular weight excluding hydrogens is 272 g/mol. The van der Waals surface area contributed by atoms with Crippen LogP contribution in [-0.4, -0.2) is 45.9 Å². The van der Waals surface area contributed by atoms with Gasteiger partial charge in [-0.2, -0.15) is 0 Å². The van der Waals surface area contributed by atoms with E-state index < -0.39 is 17.6 Å². The van der Waals surface area contributed by atoms with Crippen molar-refractivity contribution in [2.24, 2.45) is 5.92 Å². The molecule has 0 aromatic heterocycles. The van der Waals surface area contributed by atoms with Crippen molar-refractivity contribution in [3.05, 3.63) is 0 Å². The quantitative estimate of drug-likeness (QED) is 0.769. The molecule has 0 aromatic rings. The van der Waals surface area contributed by atoms with E-state index in [1.165, 1.54) is 0 Å². The average Bonchev–Trinajstić information content (AvgIpc) is 3.20. The molecular formula is C15H24N2O4. The van der Waals surface area contributed by atoms with Crippen molar-refractivity contribution in [3.63, 3.8) is 0 Å². The number of likely N-dealkylation sites (tertiary alicyclic amines) is 1. The predicted octanol–water partition coefficient (Wildman–Crippen LogP) is 1.15. The van der Waals surface area contributed by atoms with E-state index >= 15 is 0 Å². The maximum atomic E-state index is 12.5. The number of aliphatic carboxylic acids is 1. The summed E-state index contributed by atoms with van der Waals surface area (Å²) < 4.78 is 0. The van der Waals surface area contributed by atoms with Crippen LogP contribution in [-0.2, 0) is 14.4 Å². The first-order valence-electron chi connectivity index (χ1n) is 7.81. The second kappa shape index (κ2) is 6.03. The smallest absolute Gasteiger partial charge is 0.329 e. The van der Waals surface area contributed by atoms with Gasteiger partial charge in [-0.25, -0.2) is 4.79 Å². The standard InChI is InChI=1S/C15H24N2O4/c1-3-15(4-2,14(20)21)16-12(18)11-6-5-9-17(11)13(19)10-7-8-10/h10-11H,3-9H2,1-2H3,(H,16,18)(H,20,21). The molecule has 2 aliphatic rings. The molecule has 2 rings (SSSR count). The summed E-state index contributed by atoms with van der Waals surface area (Å²) >= 11 is 0. The zero-order chi connectivity index (χ0) is 15.6. The maximum Gasteiger partial charge on any atom is 0.329 e. The van der Waals surface area contributed by atoms with Crippen LogP contribution in [0.4, 0.5) is 0 Å². The van der Waals surface area contributed by atoms with E-state index in [1.54, 1.807) is 18.7 Å². The number of hydrogen-bond donors (Lipinski definition) is 2. The number of amides is 2. The molecule has 1 aliphatic heterocycles. The van der Waals surface area contributed by atoms with Crippen molar-refractivity contribution in [1.29, 1.82) is 0 Å². The Bertz CT molecular complexity index is 441. The van der Waals surface area contributed by atoms with Gasteiger partial charge in [0.05, 0.1) is 0 Å². The van der Waals surface area contributed by atoms with Gasteiger partial charge in [0.25, 0.3) is 0 Å². The van der Waals surface area contributed by atoms with Crippen LogP contribution in [0.3, 0.4) is 0 Å². The molecule has 6 nitrogen and oxygen atoms in total. The number of nitrogens with one attached hydrogen (secondary N) is 1. The van der Waals surface area contributed by atoms with Crippen LogP contribution in [0.1, 0.15) is 52.4 Å². The summed E-state index contributed by atoms with van der Waals surface area (Å²) in [5.74, 6) is -1.20. The lowest BCUT2D eigenvalue weighted by Gasteiger charge is -2.31. The molecule has 2 amide bonds. The van der Waals surface area contributed by atoms with Crippen LogP contribution in [0.5, 0.6) is 0 Å². The van der Waals surface area contributed by atoms with E-state index in [4.69, 9.17) is 0 Å². The first kappa shape index (κ1) is 15.8. The van der Waals surface area contributed by atoms with Crippen LogP contribution in [0.25, 0.3) is 0 Å². The molecule has 2 N–H and O–H groups in total. The number of rotatable bonds is 6. The van der Waals surface area contributed by atoms with Gasteiger partial charge >= 0.3 is 5.97 Å². The first-order valence-corrected chi connectivity index (χ1v) is 7.81. The monoisotopic (exact) mass is 296 g/mol. The van der Waals surface area contributed by atoms with Gasteiger partial charge in [-0.3, -0.25) is 9.59 Å². The normalized spacial score (nSPS) is 22.2. The van der Waals surface area contributed by atoms with Gasteiger partial charge in [-0.1, -0.05) is 13.8 Å². The molecule has 0 radical (unpaired) electrons. The van der Waals surface area contributed by atoms with Gasteiger partial charge in [-0.15, -0.1) is 0 Å². The fourth-order valence-electron chi connectivity index (χ4n) is 2.97. The van der Waals surface area contributed by atoms with Crippen LogP contribution in [0, 0.1) is 5.92 Å². The van der Waals surface area contributed by atoms with E-state index in [1.807, 2.05) is 0 Å². The van der Waals surface area contributed by atoms with E-state index in [0.717, 1.165) is 19.3 Å². The fourth-order valence-corrected chi connectivity index (χ4v) is 2.97. The summed E-state index contributed by atoms with van der Waals surface area (Å²) in [6, 6.07) is -0.505. The Hall–Kier alpha value is -1.59. The first-order chi connectivity index (χ1) is 9.95. The van der Waals surface area contributed by atoms with Crippen molar-refractivity contribution >= 4 is 17.8 Å². The number of carbonyl (C=O) groups is 3. The molecule has 1 atom stereocenters. The largest absolute Gasteiger partial charge is 0.480 e. The van der Waals surface area contributed by atoms with E-state index in [9.17, 15) is 19.5 Å². The van der Waals surface area contributed by atoms with Crippen molar-refractivity contribution in [2.75, 3.05) is 6.54 Å². The second-order valence-electron chi connectivity index (χ2n) is 6.05. The number of hydrogen-bond acceptors (Lipinski definition) is 3. The molecule has 1 aliphatic carbocycles. The highest BCUT2D eigenvalue weighted by Crippen LogP contribution is 2.33. The number of carboxylic acids is 1. The molecule has 2 fully saturated rings. The summed E-state index contributed by atoms with van der Waals surface area (Å²) in [6.07, 6.45) is 3.89. The van der Waals surface area contributed by atoms with Crippen LogP contribution in [0.2, 0.25) is 0 Å². The molecule has 0 bridgehead atoms. The number of nitrogens with zero attached hydrogens (tertiary/aromatic N) is 1. The van der Waals surface area contributed by atoms with Gasteiger partial charge in [0.15, 0.2) is 0 Å². The van der Waals surface area contributed by atoms with Crippen molar-refractivity contribution in [3.8, 4) is 0 Å².